The van der Waals surface area contributed by atoms with Gasteiger partial charge in [-0.25, -0.2) is 9.59 Å². The lowest BCUT2D eigenvalue weighted by Crippen LogP contribution is -2.21. The molecule has 7 heteroatoms. The van der Waals surface area contributed by atoms with E-state index in [1.807, 2.05) is 43.3 Å². The average Bonchev–Trinajstić information content (AvgIpc) is 3.16. The van der Waals surface area contributed by atoms with Gasteiger partial charge in [-0.15, -0.1) is 11.3 Å². The maximum absolute atomic E-state index is 12.5. The second-order valence-electron chi connectivity index (χ2n) is 6.43. The molecule has 1 heterocycles. The third-order valence-corrected chi connectivity index (χ3v) is 5.09. The van der Waals surface area contributed by atoms with Crippen molar-refractivity contribution in [2.75, 3.05) is 18.5 Å². The van der Waals surface area contributed by atoms with Gasteiger partial charge in [-0.05, 0) is 31.5 Å². The molecule has 0 bridgehead atoms. The van der Waals surface area contributed by atoms with Crippen molar-refractivity contribution in [3.63, 3.8) is 0 Å². The Morgan fingerprint density at radius 1 is 0.967 bits per heavy atom. The quantitative estimate of drug-likeness (QED) is 0.557. The number of ether oxygens (including phenoxy) is 2. The second kappa shape index (κ2) is 9.84. The number of anilines is 1. The minimum Gasteiger partial charge on any atom is -0.462 e. The summed E-state index contributed by atoms with van der Waals surface area (Å²) >= 11 is 1.21. The SMILES string of the molecule is CCOC(=O)c1c(-c2ccccc2)csc1NC(=O)COC(=O)c1cccc(C)c1. The third-order valence-electron chi connectivity index (χ3n) is 4.20. The number of rotatable bonds is 7. The summed E-state index contributed by atoms with van der Waals surface area (Å²) in [4.78, 5) is 37.0. The first-order valence-electron chi connectivity index (χ1n) is 9.37. The van der Waals surface area contributed by atoms with Crippen molar-refractivity contribution in [1.82, 2.24) is 0 Å². The van der Waals surface area contributed by atoms with Crippen LogP contribution in [0.5, 0.6) is 0 Å². The Morgan fingerprint density at radius 3 is 2.43 bits per heavy atom. The Balaban J connectivity index is 1.74. The predicted octanol–water partition coefficient (Wildman–Crippen LogP) is 4.70. The number of amides is 1. The number of hydrogen-bond acceptors (Lipinski definition) is 6. The summed E-state index contributed by atoms with van der Waals surface area (Å²) in [5.74, 6) is -1.65. The van der Waals surface area contributed by atoms with E-state index < -0.39 is 24.5 Å². The molecular weight excluding hydrogens is 402 g/mol. The molecule has 0 aliphatic rings. The van der Waals surface area contributed by atoms with E-state index in [-0.39, 0.29) is 12.2 Å². The Morgan fingerprint density at radius 2 is 1.73 bits per heavy atom. The van der Waals surface area contributed by atoms with Crippen LogP contribution >= 0.6 is 11.3 Å². The van der Waals surface area contributed by atoms with Gasteiger partial charge in [0.25, 0.3) is 5.91 Å². The van der Waals surface area contributed by atoms with Crippen LogP contribution in [0.4, 0.5) is 5.00 Å². The molecule has 3 rings (SSSR count). The molecular formula is C23H21NO5S. The van der Waals surface area contributed by atoms with Crippen molar-refractivity contribution in [3.8, 4) is 11.1 Å². The number of carbonyl (C=O) groups is 3. The van der Waals surface area contributed by atoms with Gasteiger partial charge in [0.05, 0.1) is 12.2 Å². The lowest BCUT2D eigenvalue weighted by atomic mass is 10.0. The normalized spacial score (nSPS) is 10.3. The minimum absolute atomic E-state index is 0.213. The summed E-state index contributed by atoms with van der Waals surface area (Å²) in [6, 6.07) is 16.3. The van der Waals surface area contributed by atoms with Crippen molar-refractivity contribution < 1.29 is 23.9 Å². The maximum Gasteiger partial charge on any atom is 0.341 e. The molecule has 2 aromatic carbocycles. The minimum atomic E-state index is -0.587. The molecule has 1 amide bonds. The first kappa shape index (κ1) is 21.3. The Kier molecular flexibility index (Phi) is 6.98. The monoisotopic (exact) mass is 423 g/mol. The summed E-state index contributed by atoms with van der Waals surface area (Å²) in [7, 11) is 0. The van der Waals surface area contributed by atoms with E-state index in [0.717, 1.165) is 11.1 Å². The molecule has 0 saturated carbocycles. The van der Waals surface area contributed by atoms with Gasteiger partial charge in [-0.3, -0.25) is 4.79 Å². The zero-order chi connectivity index (χ0) is 21.5. The van der Waals surface area contributed by atoms with E-state index in [4.69, 9.17) is 9.47 Å². The predicted molar refractivity (Wildman–Crippen MR) is 116 cm³/mol. The van der Waals surface area contributed by atoms with Crippen LogP contribution in [0.2, 0.25) is 0 Å². The van der Waals surface area contributed by atoms with E-state index in [1.54, 1.807) is 30.5 Å². The van der Waals surface area contributed by atoms with Gasteiger partial charge < -0.3 is 14.8 Å². The number of nitrogens with one attached hydrogen (secondary N) is 1. The molecule has 1 N–H and O–H groups in total. The molecule has 0 aliphatic heterocycles. The molecule has 0 unspecified atom stereocenters. The molecule has 3 aromatic rings. The Labute approximate surface area is 178 Å². The van der Waals surface area contributed by atoms with Gasteiger partial charge in [0.2, 0.25) is 0 Å². The number of benzene rings is 2. The van der Waals surface area contributed by atoms with Gasteiger partial charge in [0.15, 0.2) is 6.61 Å². The van der Waals surface area contributed by atoms with Gasteiger partial charge in [-0.2, -0.15) is 0 Å². The number of thiophene rings is 1. The fourth-order valence-electron chi connectivity index (χ4n) is 2.84. The summed E-state index contributed by atoms with van der Waals surface area (Å²) in [6.07, 6.45) is 0. The molecule has 0 radical (unpaired) electrons. The highest BCUT2D eigenvalue weighted by Crippen LogP contribution is 2.36. The van der Waals surface area contributed by atoms with Crippen LogP contribution in [-0.4, -0.2) is 31.1 Å². The molecule has 0 aliphatic carbocycles. The molecule has 0 atom stereocenters. The van der Waals surface area contributed by atoms with E-state index >= 15 is 0 Å². The lowest BCUT2D eigenvalue weighted by molar-refractivity contribution is -0.119. The highest BCUT2D eigenvalue weighted by atomic mass is 32.1. The number of hydrogen-bond donors (Lipinski definition) is 1. The van der Waals surface area contributed by atoms with Gasteiger partial charge in [-0.1, -0.05) is 48.0 Å². The van der Waals surface area contributed by atoms with Crippen LogP contribution < -0.4 is 5.32 Å². The zero-order valence-corrected chi connectivity index (χ0v) is 17.5. The zero-order valence-electron chi connectivity index (χ0n) is 16.6. The van der Waals surface area contributed by atoms with Crippen LogP contribution in [0.3, 0.4) is 0 Å². The van der Waals surface area contributed by atoms with E-state index in [0.29, 0.717) is 16.1 Å². The van der Waals surface area contributed by atoms with Crippen LogP contribution in [-0.2, 0) is 14.3 Å². The van der Waals surface area contributed by atoms with Crippen molar-refractivity contribution in [2.24, 2.45) is 0 Å². The number of esters is 2. The highest BCUT2D eigenvalue weighted by Gasteiger charge is 2.23. The van der Waals surface area contributed by atoms with Gasteiger partial charge in [0.1, 0.15) is 10.6 Å². The topological polar surface area (TPSA) is 81.7 Å². The summed E-state index contributed by atoms with van der Waals surface area (Å²) < 4.78 is 10.3. The molecule has 1 aromatic heterocycles. The van der Waals surface area contributed by atoms with Crippen LogP contribution in [0.25, 0.3) is 11.1 Å². The molecule has 0 saturated heterocycles. The summed E-state index contributed by atoms with van der Waals surface area (Å²) in [5, 5.41) is 4.80. The molecule has 154 valence electrons. The molecule has 0 fully saturated rings. The van der Waals surface area contributed by atoms with Crippen molar-refractivity contribution in [1.29, 1.82) is 0 Å². The second-order valence-corrected chi connectivity index (χ2v) is 7.31. The smallest absolute Gasteiger partial charge is 0.341 e. The fourth-order valence-corrected chi connectivity index (χ4v) is 3.81. The number of aryl methyl sites for hydroxylation is 1. The average molecular weight is 423 g/mol. The van der Waals surface area contributed by atoms with Gasteiger partial charge in [0, 0.05) is 10.9 Å². The lowest BCUT2D eigenvalue weighted by Gasteiger charge is -2.09. The van der Waals surface area contributed by atoms with Crippen LogP contribution in [0.15, 0.2) is 60.0 Å². The highest BCUT2D eigenvalue weighted by molar-refractivity contribution is 7.15. The molecule has 6 nitrogen and oxygen atoms in total. The Bertz CT molecular complexity index is 1060. The fraction of sp³-hybridized carbons (Fsp3) is 0.174. The summed E-state index contributed by atoms with van der Waals surface area (Å²) in [5.41, 5.74) is 3.08. The maximum atomic E-state index is 12.5. The Hall–Kier alpha value is -3.45. The largest absolute Gasteiger partial charge is 0.462 e. The van der Waals surface area contributed by atoms with Crippen molar-refractivity contribution >= 4 is 34.2 Å². The number of carbonyl (C=O) groups excluding carboxylic acids is 3. The first-order valence-corrected chi connectivity index (χ1v) is 10.2. The first-order chi connectivity index (χ1) is 14.5. The van der Waals surface area contributed by atoms with E-state index in [1.165, 1.54) is 11.3 Å². The third kappa shape index (κ3) is 5.12. The molecule has 30 heavy (non-hydrogen) atoms. The van der Waals surface area contributed by atoms with Crippen molar-refractivity contribution in [3.05, 3.63) is 76.7 Å². The standard InChI is InChI=1S/C23H21NO5S/c1-3-28-23(27)20-18(16-9-5-4-6-10-16)14-30-21(20)24-19(25)13-29-22(26)17-11-7-8-15(2)12-17/h4-12,14H,3,13H2,1-2H3,(H,24,25). The summed E-state index contributed by atoms with van der Waals surface area (Å²) in [6.45, 7) is 3.33. The van der Waals surface area contributed by atoms with Crippen LogP contribution in [0, 0.1) is 6.92 Å². The van der Waals surface area contributed by atoms with E-state index in [9.17, 15) is 14.4 Å². The molecule has 0 spiro atoms. The van der Waals surface area contributed by atoms with Crippen LogP contribution in [0.1, 0.15) is 33.2 Å². The van der Waals surface area contributed by atoms with Crippen molar-refractivity contribution in [2.45, 2.75) is 13.8 Å². The van der Waals surface area contributed by atoms with Gasteiger partial charge >= 0.3 is 11.9 Å². The van der Waals surface area contributed by atoms with E-state index in [2.05, 4.69) is 5.32 Å².